The molecule has 1 amide bonds. The number of carboxylic acids is 1. The van der Waals surface area contributed by atoms with Crippen molar-refractivity contribution >= 4 is 19.0 Å². The van der Waals surface area contributed by atoms with Crippen LogP contribution in [0.1, 0.15) is 49.0 Å². The van der Waals surface area contributed by atoms with Gasteiger partial charge < -0.3 is 25.8 Å². The summed E-state index contributed by atoms with van der Waals surface area (Å²) in [6.07, 6.45) is 2.34. The summed E-state index contributed by atoms with van der Waals surface area (Å²) < 4.78 is 5.39. The molecule has 3 atom stereocenters. The molecule has 2 rings (SSSR count). The molecule has 8 heteroatoms. The van der Waals surface area contributed by atoms with E-state index in [-0.39, 0.29) is 29.2 Å². The van der Waals surface area contributed by atoms with Crippen LogP contribution in [0.4, 0.5) is 0 Å². The Kier molecular flexibility index (Phi) is 6.44. The van der Waals surface area contributed by atoms with Gasteiger partial charge in [0.15, 0.2) is 0 Å². The van der Waals surface area contributed by atoms with Crippen LogP contribution < -0.4 is 15.7 Å². The van der Waals surface area contributed by atoms with Gasteiger partial charge in [-0.2, -0.15) is 0 Å². The van der Waals surface area contributed by atoms with E-state index in [2.05, 4.69) is 5.32 Å². The molecule has 0 aliphatic carbocycles. The lowest BCUT2D eigenvalue weighted by molar-refractivity contribution is -0.125. The molecule has 5 N–H and O–H groups in total. The summed E-state index contributed by atoms with van der Waals surface area (Å²) in [5, 5.41) is 22.2. The number of aromatic carboxylic acids is 1. The molecule has 25 heavy (non-hydrogen) atoms. The molecule has 0 saturated heterocycles. The molecule has 3 unspecified atom stereocenters. The second-order valence-corrected chi connectivity index (χ2v) is 6.44. The van der Waals surface area contributed by atoms with Crippen LogP contribution in [0.3, 0.4) is 0 Å². The highest BCUT2D eigenvalue weighted by atomic mass is 16.5. The number of benzene rings is 1. The van der Waals surface area contributed by atoms with Gasteiger partial charge in [-0.15, -0.1) is 0 Å². The second kappa shape index (κ2) is 8.35. The van der Waals surface area contributed by atoms with Crippen molar-refractivity contribution in [2.75, 3.05) is 0 Å². The lowest BCUT2D eigenvalue weighted by Gasteiger charge is -2.30. The van der Waals surface area contributed by atoms with E-state index in [9.17, 15) is 19.7 Å². The number of hydrogen-bond donors (Lipinski definition) is 4. The van der Waals surface area contributed by atoms with Gasteiger partial charge in [0, 0.05) is 12.0 Å². The van der Waals surface area contributed by atoms with Gasteiger partial charge in [0.25, 0.3) is 0 Å². The molecule has 1 heterocycles. The molecule has 0 radical (unpaired) electrons. The Balaban J connectivity index is 2.10. The van der Waals surface area contributed by atoms with Crippen molar-refractivity contribution in [2.45, 2.75) is 51.5 Å². The van der Waals surface area contributed by atoms with E-state index >= 15 is 0 Å². The van der Waals surface area contributed by atoms with E-state index in [1.807, 2.05) is 13.8 Å². The Hall–Kier alpha value is -2.06. The Morgan fingerprint density at radius 1 is 1.40 bits per heavy atom. The molecule has 1 aromatic rings. The van der Waals surface area contributed by atoms with Gasteiger partial charge in [0.1, 0.15) is 5.75 Å². The number of carbonyl (C=O) groups is 2. The monoisotopic (exact) mass is 348 g/mol. The van der Waals surface area contributed by atoms with E-state index in [0.717, 1.165) is 6.42 Å². The molecule has 0 saturated carbocycles. The second-order valence-electron chi connectivity index (χ2n) is 6.44. The van der Waals surface area contributed by atoms with E-state index in [4.69, 9.17) is 10.4 Å². The summed E-state index contributed by atoms with van der Waals surface area (Å²) in [5.74, 6) is -1.99. The third-order valence-corrected chi connectivity index (χ3v) is 4.65. The van der Waals surface area contributed by atoms with Crippen molar-refractivity contribution in [3.05, 3.63) is 29.3 Å². The van der Waals surface area contributed by atoms with Crippen molar-refractivity contribution in [2.24, 2.45) is 11.7 Å². The highest BCUT2D eigenvalue weighted by molar-refractivity contribution is 6.47. The van der Waals surface area contributed by atoms with Crippen LogP contribution in [0.15, 0.2) is 18.2 Å². The predicted molar refractivity (Wildman–Crippen MR) is 94.3 cm³/mol. The fraction of sp³-hybridized carbons (Fsp3) is 0.529. The lowest BCUT2D eigenvalue weighted by Crippen LogP contribution is -2.54. The largest absolute Gasteiger partial charge is 0.547 e. The van der Waals surface area contributed by atoms with Crippen LogP contribution in [0.5, 0.6) is 5.75 Å². The molecular formula is C17H25BN2O5. The normalized spacial score (nSPS) is 18.7. The van der Waals surface area contributed by atoms with Crippen LogP contribution in [0.25, 0.3) is 0 Å². The van der Waals surface area contributed by atoms with Gasteiger partial charge in [-0.05, 0) is 37.3 Å². The Morgan fingerprint density at radius 2 is 2.12 bits per heavy atom. The zero-order valence-electron chi connectivity index (χ0n) is 14.6. The van der Waals surface area contributed by atoms with Gasteiger partial charge in [0.2, 0.25) is 5.91 Å². The first-order valence-corrected chi connectivity index (χ1v) is 8.63. The van der Waals surface area contributed by atoms with E-state index in [0.29, 0.717) is 24.8 Å². The maximum absolute atomic E-state index is 12.5. The topological polar surface area (TPSA) is 122 Å². The molecule has 0 aromatic heterocycles. The fourth-order valence-corrected chi connectivity index (χ4v) is 3.01. The first kappa shape index (κ1) is 19.3. The SMILES string of the molecule is CCC(N)CC(CC)C(=O)NC1Cc2cccc(C(=O)O)c2OB1O. The Labute approximate surface area is 147 Å². The number of fused-ring (bicyclic) bond motifs is 1. The average Bonchev–Trinajstić information content (AvgIpc) is 2.59. The van der Waals surface area contributed by atoms with Crippen molar-refractivity contribution in [3.8, 4) is 5.75 Å². The van der Waals surface area contributed by atoms with Gasteiger partial charge >= 0.3 is 13.1 Å². The molecule has 0 spiro atoms. The maximum Gasteiger partial charge on any atom is 0.547 e. The molecule has 1 aliphatic heterocycles. The predicted octanol–water partition coefficient (Wildman–Crippen LogP) is 0.978. The molecular weight excluding hydrogens is 323 g/mol. The summed E-state index contributed by atoms with van der Waals surface area (Å²) >= 11 is 0. The minimum absolute atomic E-state index is 0.00156. The number of carbonyl (C=O) groups excluding carboxylic acids is 1. The minimum Gasteiger partial charge on any atom is -0.534 e. The van der Waals surface area contributed by atoms with Crippen LogP contribution in [-0.2, 0) is 11.2 Å². The third-order valence-electron chi connectivity index (χ3n) is 4.65. The van der Waals surface area contributed by atoms with E-state index in [1.54, 1.807) is 12.1 Å². The van der Waals surface area contributed by atoms with Gasteiger partial charge in [-0.1, -0.05) is 26.0 Å². The summed E-state index contributed by atoms with van der Waals surface area (Å²) in [6.45, 7) is 3.90. The Morgan fingerprint density at radius 3 is 2.72 bits per heavy atom. The fourth-order valence-electron chi connectivity index (χ4n) is 3.01. The molecule has 0 bridgehead atoms. The highest BCUT2D eigenvalue weighted by Gasteiger charge is 2.38. The Bertz CT molecular complexity index is 639. The standard InChI is InChI=1S/C17H25BN2O5/c1-3-10(8-12(19)4-2)16(21)20-14-9-11-6-5-7-13(17(22)23)15(11)25-18(14)24/h5-7,10,12,14,24H,3-4,8-9,19H2,1-2H3,(H,20,21)(H,22,23). The van der Waals surface area contributed by atoms with Crippen LogP contribution in [-0.4, -0.2) is 41.1 Å². The number of carboxylic acid groups (broad SMARTS) is 1. The van der Waals surface area contributed by atoms with Crippen LogP contribution in [0.2, 0.25) is 0 Å². The van der Waals surface area contributed by atoms with Crippen molar-refractivity contribution in [1.82, 2.24) is 5.32 Å². The third kappa shape index (κ3) is 4.52. The van der Waals surface area contributed by atoms with Crippen molar-refractivity contribution in [1.29, 1.82) is 0 Å². The van der Waals surface area contributed by atoms with Gasteiger partial charge in [0.05, 0.1) is 11.5 Å². The van der Waals surface area contributed by atoms with E-state index < -0.39 is 19.0 Å². The highest BCUT2D eigenvalue weighted by Crippen LogP contribution is 2.30. The smallest absolute Gasteiger partial charge is 0.534 e. The van der Waals surface area contributed by atoms with Crippen molar-refractivity contribution < 1.29 is 24.4 Å². The number of nitrogens with two attached hydrogens (primary N) is 1. The van der Waals surface area contributed by atoms with Gasteiger partial charge in [-0.3, -0.25) is 4.79 Å². The zero-order valence-corrected chi connectivity index (χ0v) is 14.6. The van der Waals surface area contributed by atoms with Crippen LogP contribution >= 0.6 is 0 Å². The molecule has 0 fully saturated rings. The van der Waals surface area contributed by atoms with Gasteiger partial charge in [-0.25, -0.2) is 4.79 Å². The quantitative estimate of drug-likeness (QED) is 0.545. The number of para-hydroxylation sites is 1. The average molecular weight is 348 g/mol. The summed E-state index contributed by atoms with van der Waals surface area (Å²) in [4.78, 5) is 23.8. The summed E-state index contributed by atoms with van der Waals surface area (Å²) in [7, 11) is -1.30. The number of amides is 1. The number of nitrogens with one attached hydrogen (secondary N) is 1. The first-order chi connectivity index (χ1) is 11.9. The molecule has 1 aliphatic rings. The molecule has 7 nitrogen and oxygen atoms in total. The lowest BCUT2D eigenvalue weighted by atomic mass is 9.72. The van der Waals surface area contributed by atoms with E-state index in [1.165, 1.54) is 6.07 Å². The number of rotatable bonds is 7. The van der Waals surface area contributed by atoms with Crippen molar-refractivity contribution in [3.63, 3.8) is 0 Å². The van der Waals surface area contributed by atoms with Crippen LogP contribution in [0, 0.1) is 5.92 Å². The summed E-state index contributed by atoms with van der Waals surface area (Å²) in [6, 6.07) is 4.74. The molecule has 1 aromatic carbocycles. The molecule has 136 valence electrons. The summed E-state index contributed by atoms with van der Waals surface area (Å²) in [5.41, 5.74) is 6.59. The zero-order chi connectivity index (χ0) is 18.6. The minimum atomic E-state index is -1.30. The first-order valence-electron chi connectivity index (χ1n) is 8.63. The maximum atomic E-state index is 12.5. The number of hydrogen-bond acceptors (Lipinski definition) is 5.